The van der Waals surface area contributed by atoms with Gasteiger partial charge in [-0.05, 0) is 30.3 Å². The van der Waals surface area contributed by atoms with E-state index >= 15 is 0 Å². The molecule has 6 nitrogen and oxygen atoms in total. The molecule has 0 saturated carbocycles. The first-order chi connectivity index (χ1) is 12.3. The summed E-state index contributed by atoms with van der Waals surface area (Å²) in [6.45, 7) is 1.85. The molecular formula is C16H17Cl2N3O3S2. The van der Waals surface area contributed by atoms with Crippen molar-refractivity contribution in [3.8, 4) is 0 Å². The van der Waals surface area contributed by atoms with Gasteiger partial charge in [0.25, 0.3) is 10.0 Å². The van der Waals surface area contributed by atoms with Gasteiger partial charge in [0.15, 0.2) is 0 Å². The molecule has 3 rings (SSSR count). The highest BCUT2D eigenvalue weighted by Crippen LogP contribution is 2.28. The number of amides is 1. The molecule has 10 heteroatoms. The molecule has 1 fully saturated rings. The molecule has 2 aromatic rings. The third-order valence-electron chi connectivity index (χ3n) is 3.95. The molecule has 1 saturated heterocycles. The molecule has 0 spiro atoms. The van der Waals surface area contributed by atoms with E-state index in [2.05, 4.69) is 5.32 Å². The van der Waals surface area contributed by atoms with E-state index in [1.807, 2.05) is 4.90 Å². The fraction of sp³-hybridized carbons (Fsp3) is 0.312. The molecule has 1 aliphatic heterocycles. The van der Waals surface area contributed by atoms with Gasteiger partial charge in [-0.2, -0.15) is 4.31 Å². The summed E-state index contributed by atoms with van der Waals surface area (Å²) in [6.07, 6.45) is 0. The second-order valence-electron chi connectivity index (χ2n) is 5.80. The van der Waals surface area contributed by atoms with Gasteiger partial charge in [-0.25, -0.2) is 8.42 Å². The monoisotopic (exact) mass is 433 g/mol. The number of nitrogens with one attached hydrogen (secondary N) is 1. The minimum atomic E-state index is -3.52. The van der Waals surface area contributed by atoms with Crippen molar-refractivity contribution in [1.29, 1.82) is 0 Å². The van der Waals surface area contributed by atoms with Crippen molar-refractivity contribution in [2.24, 2.45) is 0 Å². The van der Waals surface area contributed by atoms with Crippen LogP contribution >= 0.6 is 34.5 Å². The molecule has 1 N–H and O–H groups in total. The molecule has 1 aromatic carbocycles. The molecule has 1 amide bonds. The van der Waals surface area contributed by atoms with Crippen molar-refractivity contribution in [2.45, 2.75) is 4.21 Å². The number of rotatable bonds is 5. The largest absolute Gasteiger partial charge is 0.325 e. The van der Waals surface area contributed by atoms with Crippen molar-refractivity contribution in [1.82, 2.24) is 9.21 Å². The number of piperazine rings is 1. The standard InChI is InChI=1S/C16H17Cl2N3O3S2/c17-12-2-1-3-13(10-12)19-15(22)11-20-6-8-21(9-7-20)26(23,24)16-5-4-14(18)25-16/h1-5,10H,6-9,11H2,(H,19,22). The number of thiophene rings is 1. The molecule has 2 heterocycles. The summed E-state index contributed by atoms with van der Waals surface area (Å²) < 4.78 is 27.3. The first-order valence-corrected chi connectivity index (χ1v) is 10.9. The molecule has 0 bridgehead atoms. The van der Waals surface area contributed by atoms with Crippen LogP contribution in [0.25, 0.3) is 0 Å². The molecule has 0 radical (unpaired) electrons. The fourth-order valence-electron chi connectivity index (χ4n) is 2.66. The van der Waals surface area contributed by atoms with Gasteiger partial charge in [0, 0.05) is 36.9 Å². The Morgan fingerprint density at radius 3 is 2.46 bits per heavy atom. The van der Waals surface area contributed by atoms with Crippen LogP contribution in [0.5, 0.6) is 0 Å². The Bertz CT molecular complexity index is 894. The zero-order valence-electron chi connectivity index (χ0n) is 13.7. The predicted molar refractivity (Wildman–Crippen MR) is 105 cm³/mol. The Kier molecular flexibility index (Phi) is 6.21. The van der Waals surface area contributed by atoms with Gasteiger partial charge in [0.05, 0.1) is 10.9 Å². The zero-order chi connectivity index (χ0) is 18.7. The Hall–Kier alpha value is -1.16. The van der Waals surface area contributed by atoms with E-state index in [-0.39, 0.29) is 16.7 Å². The average Bonchev–Trinajstić information content (AvgIpc) is 3.02. The van der Waals surface area contributed by atoms with E-state index in [9.17, 15) is 13.2 Å². The Labute approximate surface area is 166 Å². The second-order valence-corrected chi connectivity index (χ2v) is 10.1. The topological polar surface area (TPSA) is 69.7 Å². The van der Waals surface area contributed by atoms with Crippen molar-refractivity contribution >= 4 is 56.2 Å². The lowest BCUT2D eigenvalue weighted by Crippen LogP contribution is -2.50. The zero-order valence-corrected chi connectivity index (χ0v) is 16.8. The molecule has 140 valence electrons. The van der Waals surface area contributed by atoms with E-state index in [1.54, 1.807) is 30.3 Å². The number of nitrogens with zero attached hydrogens (tertiary/aromatic N) is 2. The third-order valence-corrected chi connectivity index (χ3v) is 7.78. The van der Waals surface area contributed by atoms with Crippen LogP contribution in [0.4, 0.5) is 5.69 Å². The van der Waals surface area contributed by atoms with Crippen LogP contribution in [0.3, 0.4) is 0 Å². The molecule has 0 unspecified atom stereocenters. The van der Waals surface area contributed by atoms with E-state index in [4.69, 9.17) is 23.2 Å². The first kappa shape index (κ1) is 19.6. The Morgan fingerprint density at radius 2 is 1.85 bits per heavy atom. The number of sulfonamides is 1. The van der Waals surface area contributed by atoms with Crippen molar-refractivity contribution in [3.63, 3.8) is 0 Å². The van der Waals surface area contributed by atoms with E-state index in [0.717, 1.165) is 11.3 Å². The second kappa shape index (κ2) is 8.24. The number of anilines is 1. The molecule has 0 atom stereocenters. The normalized spacial score (nSPS) is 16.5. The summed E-state index contributed by atoms with van der Waals surface area (Å²) in [5.41, 5.74) is 0.637. The lowest BCUT2D eigenvalue weighted by atomic mass is 10.3. The fourth-order valence-corrected chi connectivity index (χ4v) is 5.91. The van der Waals surface area contributed by atoms with Gasteiger partial charge < -0.3 is 5.32 Å². The highest BCUT2D eigenvalue weighted by Gasteiger charge is 2.30. The van der Waals surface area contributed by atoms with E-state index in [0.29, 0.717) is 41.2 Å². The predicted octanol–water partition coefficient (Wildman–Crippen LogP) is 3.00. The highest BCUT2D eigenvalue weighted by molar-refractivity contribution is 7.91. The number of carbonyl (C=O) groups excluding carboxylic acids is 1. The number of carbonyl (C=O) groups is 1. The van der Waals surface area contributed by atoms with Crippen molar-refractivity contribution in [3.05, 3.63) is 45.8 Å². The summed E-state index contributed by atoms with van der Waals surface area (Å²) in [7, 11) is -3.52. The van der Waals surface area contributed by atoms with E-state index < -0.39 is 10.0 Å². The van der Waals surface area contributed by atoms with Crippen LogP contribution in [0.15, 0.2) is 40.6 Å². The summed E-state index contributed by atoms with van der Waals surface area (Å²) in [4.78, 5) is 14.1. The highest BCUT2D eigenvalue weighted by atomic mass is 35.5. The minimum Gasteiger partial charge on any atom is -0.325 e. The average molecular weight is 434 g/mol. The van der Waals surface area contributed by atoms with Gasteiger partial charge in [-0.15, -0.1) is 11.3 Å². The van der Waals surface area contributed by atoms with Crippen molar-refractivity contribution in [2.75, 3.05) is 38.0 Å². The maximum atomic E-state index is 12.6. The number of hydrogen-bond donors (Lipinski definition) is 1. The van der Waals surface area contributed by atoms with E-state index in [1.165, 1.54) is 10.4 Å². The van der Waals surface area contributed by atoms with Gasteiger partial charge in [0.2, 0.25) is 5.91 Å². The lowest BCUT2D eigenvalue weighted by molar-refractivity contribution is -0.117. The third kappa shape index (κ3) is 4.76. The molecular weight excluding hydrogens is 417 g/mol. The quantitative estimate of drug-likeness (QED) is 0.786. The molecule has 1 aliphatic rings. The summed E-state index contributed by atoms with van der Waals surface area (Å²) >= 11 is 12.8. The minimum absolute atomic E-state index is 0.159. The van der Waals surface area contributed by atoms with Crippen LogP contribution in [0, 0.1) is 0 Å². The van der Waals surface area contributed by atoms with Gasteiger partial charge in [-0.1, -0.05) is 29.3 Å². The van der Waals surface area contributed by atoms with Gasteiger partial charge in [0.1, 0.15) is 4.21 Å². The molecule has 0 aliphatic carbocycles. The van der Waals surface area contributed by atoms with Crippen LogP contribution in [0.1, 0.15) is 0 Å². The Balaban J connectivity index is 1.53. The summed E-state index contributed by atoms with van der Waals surface area (Å²) in [6, 6.07) is 10.0. The maximum Gasteiger partial charge on any atom is 0.252 e. The maximum absolute atomic E-state index is 12.6. The van der Waals surface area contributed by atoms with Crippen molar-refractivity contribution < 1.29 is 13.2 Å². The summed E-state index contributed by atoms with van der Waals surface area (Å²) in [5, 5.41) is 3.34. The molecule has 26 heavy (non-hydrogen) atoms. The van der Waals surface area contributed by atoms with Gasteiger partial charge in [-0.3, -0.25) is 9.69 Å². The SMILES string of the molecule is O=C(CN1CCN(S(=O)(=O)c2ccc(Cl)s2)CC1)Nc1cccc(Cl)c1. The Morgan fingerprint density at radius 1 is 1.12 bits per heavy atom. The molecule has 1 aromatic heterocycles. The summed E-state index contributed by atoms with van der Waals surface area (Å²) in [5.74, 6) is -0.159. The van der Waals surface area contributed by atoms with Crippen LogP contribution in [0.2, 0.25) is 9.36 Å². The first-order valence-electron chi connectivity index (χ1n) is 7.88. The smallest absolute Gasteiger partial charge is 0.252 e. The van der Waals surface area contributed by atoms with Gasteiger partial charge >= 0.3 is 0 Å². The number of halogens is 2. The van der Waals surface area contributed by atoms with Crippen LogP contribution in [-0.2, 0) is 14.8 Å². The number of benzene rings is 1. The van der Waals surface area contributed by atoms with Crippen LogP contribution in [-0.4, -0.2) is 56.3 Å². The number of hydrogen-bond acceptors (Lipinski definition) is 5. The van der Waals surface area contributed by atoms with Crippen LogP contribution < -0.4 is 5.32 Å². The lowest BCUT2D eigenvalue weighted by Gasteiger charge is -2.33.